The highest BCUT2D eigenvalue weighted by Gasteiger charge is 2.08. The second kappa shape index (κ2) is 6.64. The van der Waals surface area contributed by atoms with Crippen molar-refractivity contribution in [1.29, 1.82) is 0 Å². The van der Waals surface area contributed by atoms with Gasteiger partial charge in [0.05, 0.1) is 10.7 Å². The highest BCUT2D eigenvalue weighted by Crippen LogP contribution is 2.22. The Morgan fingerprint density at radius 3 is 2.65 bits per heavy atom. The van der Waals surface area contributed by atoms with Gasteiger partial charge in [0.25, 0.3) is 0 Å². The summed E-state index contributed by atoms with van der Waals surface area (Å²) >= 11 is 3.42. The Hall–Kier alpha value is -1.99. The Morgan fingerprint density at radius 2 is 1.96 bits per heavy atom. The van der Waals surface area contributed by atoms with Crippen LogP contribution in [0.1, 0.15) is 6.92 Å². The van der Waals surface area contributed by atoms with Gasteiger partial charge in [0.2, 0.25) is 5.88 Å². The molecule has 0 aromatic carbocycles. The molecule has 6 nitrogen and oxygen atoms in total. The third-order valence-electron chi connectivity index (χ3n) is 3.33. The maximum absolute atomic E-state index is 5.80. The molecule has 0 amide bonds. The molecule has 0 spiro atoms. The monoisotopic (exact) mass is 375 g/mol. The fraction of sp³-hybridized carbons (Fsp3) is 0.312. The average molecular weight is 376 g/mol. The van der Waals surface area contributed by atoms with Gasteiger partial charge in [-0.05, 0) is 43.0 Å². The first-order valence-corrected chi connectivity index (χ1v) is 8.09. The predicted octanol–water partition coefficient (Wildman–Crippen LogP) is 2.88. The molecule has 1 unspecified atom stereocenters. The molecular weight excluding hydrogens is 358 g/mol. The maximum Gasteiger partial charge on any atom is 0.213 e. The van der Waals surface area contributed by atoms with Gasteiger partial charge < -0.3 is 9.64 Å². The molecule has 0 aliphatic heterocycles. The molecule has 1 atom stereocenters. The van der Waals surface area contributed by atoms with Crippen LogP contribution in [0.25, 0.3) is 16.8 Å². The summed E-state index contributed by atoms with van der Waals surface area (Å²) in [5.41, 5.74) is 2.71. The van der Waals surface area contributed by atoms with E-state index in [1.807, 2.05) is 45.5 Å². The van der Waals surface area contributed by atoms with Crippen LogP contribution in [-0.2, 0) is 0 Å². The van der Waals surface area contributed by atoms with E-state index in [1.165, 1.54) is 0 Å². The first kappa shape index (κ1) is 15.9. The summed E-state index contributed by atoms with van der Waals surface area (Å²) in [4.78, 5) is 10.9. The molecule has 3 aromatic rings. The number of ether oxygens (including phenoxy) is 1. The molecule has 0 bridgehead atoms. The van der Waals surface area contributed by atoms with E-state index in [0.29, 0.717) is 5.88 Å². The number of rotatable bonds is 5. The van der Waals surface area contributed by atoms with Gasteiger partial charge in [0.1, 0.15) is 6.10 Å². The minimum atomic E-state index is 0.0859. The topological polar surface area (TPSA) is 55.5 Å². The highest BCUT2D eigenvalue weighted by atomic mass is 79.9. The van der Waals surface area contributed by atoms with Crippen molar-refractivity contribution in [2.45, 2.75) is 13.0 Å². The van der Waals surface area contributed by atoms with Crippen LogP contribution in [0.3, 0.4) is 0 Å². The van der Waals surface area contributed by atoms with Crippen LogP contribution in [-0.4, -0.2) is 51.2 Å². The average Bonchev–Trinajstić information content (AvgIpc) is 2.88. The number of fused-ring (bicyclic) bond motifs is 1. The van der Waals surface area contributed by atoms with Gasteiger partial charge in [-0.15, -0.1) is 0 Å². The first-order valence-electron chi connectivity index (χ1n) is 7.29. The molecule has 7 heteroatoms. The smallest absolute Gasteiger partial charge is 0.213 e. The zero-order chi connectivity index (χ0) is 16.4. The van der Waals surface area contributed by atoms with Crippen molar-refractivity contribution in [3.8, 4) is 17.0 Å². The zero-order valence-corrected chi connectivity index (χ0v) is 14.9. The number of likely N-dealkylation sites (N-methyl/N-ethyl adjacent to an activating group) is 1. The standard InChI is InChI=1S/C16H18BrN5O/c1-11(9-21(2)3)23-15-5-4-12(6-18-15)13-7-19-16-14(17)8-20-22(16)10-13/h4-8,10-11H,9H2,1-3H3. The molecule has 0 saturated carbocycles. The first-order chi connectivity index (χ1) is 11.0. The van der Waals surface area contributed by atoms with Crippen molar-refractivity contribution < 1.29 is 4.74 Å². The Balaban J connectivity index is 1.77. The molecule has 3 aromatic heterocycles. The van der Waals surface area contributed by atoms with Crippen molar-refractivity contribution in [3.05, 3.63) is 41.4 Å². The lowest BCUT2D eigenvalue weighted by atomic mass is 10.1. The number of halogens is 1. The summed E-state index contributed by atoms with van der Waals surface area (Å²) in [6, 6.07) is 3.86. The molecule has 0 radical (unpaired) electrons. The van der Waals surface area contributed by atoms with Crippen LogP contribution in [0.5, 0.6) is 5.88 Å². The summed E-state index contributed by atoms with van der Waals surface area (Å²) in [5.74, 6) is 0.624. The molecule has 0 aliphatic rings. The third kappa shape index (κ3) is 3.68. The lowest BCUT2D eigenvalue weighted by Crippen LogP contribution is -2.28. The highest BCUT2D eigenvalue weighted by molar-refractivity contribution is 9.10. The lowest BCUT2D eigenvalue weighted by Gasteiger charge is -2.18. The van der Waals surface area contributed by atoms with E-state index >= 15 is 0 Å². The number of hydrogen-bond acceptors (Lipinski definition) is 5. The second-order valence-electron chi connectivity index (χ2n) is 5.68. The van der Waals surface area contributed by atoms with E-state index in [4.69, 9.17) is 4.74 Å². The van der Waals surface area contributed by atoms with E-state index in [2.05, 4.69) is 35.9 Å². The molecule has 0 aliphatic carbocycles. The quantitative estimate of drug-likeness (QED) is 0.686. The van der Waals surface area contributed by atoms with Crippen molar-refractivity contribution in [2.75, 3.05) is 20.6 Å². The normalized spacial score (nSPS) is 12.7. The molecule has 3 heterocycles. The lowest BCUT2D eigenvalue weighted by molar-refractivity contribution is 0.170. The van der Waals surface area contributed by atoms with Crippen LogP contribution < -0.4 is 4.74 Å². The SMILES string of the molecule is CC(CN(C)C)Oc1ccc(-c2cnc3c(Br)cnn3c2)cn1. The van der Waals surface area contributed by atoms with Crippen molar-refractivity contribution in [1.82, 2.24) is 24.5 Å². The number of pyridine rings is 1. The Labute approximate surface area is 143 Å². The predicted molar refractivity (Wildman–Crippen MR) is 92.6 cm³/mol. The fourth-order valence-electron chi connectivity index (χ4n) is 2.37. The molecule has 120 valence electrons. The van der Waals surface area contributed by atoms with E-state index in [1.54, 1.807) is 16.9 Å². The Kier molecular flexibility index (Phi) is 4.58. The Bertz CT molecular complexity index is 800. The van der Waals surface area contributed by atoms with Crippen LogP contribution in [0.15, 0.2) is 41.4 Å². The number of hydrogen-bond donors (Lipinski definition) is 0. The van der Waals surface area contributed by atoms with Crippen molar-refractivity contribution >= 4 is 21.6 Å². The van der Waals surface area contributed by atoms with Crippen LogP contribution >= 0.6 is 15.9 Å². The largest absolute Gasteiger partial charge is 0.473 e. The van der Waals surface area contributed by atoms with Crippen molar-refractivity contribution in [2.24, 2.45) is 0 Å². The second-order valence-corrected chi connectivity index (χ2v) is 6.53. The van der Waals surface area contributed by atoms with Crippen LogP contribution in [0.4, 0.5) is 0 Å². The Morgan fingerprint density at radius 1 is 1.17 bits per heavy atom. The van der Waals surface area contributed by atoms with Gasteiger partial charge in [-0.2, -0.15) is 5.10 Å². The van der Waals surface area contributed by atoms with Gasteiger partial charge in [-0.3, -0.25) is 0 Å². The van der Waals surface area contributed by atoms with Gasteiger partial charge in [-0.25, -0.2) is 14.5 Å². The summed E-state index contributed by atoms with van der Waals surface area (Å²) in [7, 11) is 4.04. The van der Waals surface area contributed by atoms with Gasteiger partial charge >= 0.3 is 0 Å². The van der Waals surface area contributed by atoms with Crippen LogP contribution in [0, 0.1) is 0 Å². The molecule has 0 saturated heterocycles. The summed E-state index contributed by atoms with van der Waals surface area (Å²) in [6.07, 6.45) is 7.35. The van der Waals surface area contributed by atoms with E-state index in [9.17, 15) is 0 Å². The fourth-order valence-corrected chi connectivity index (χ4v) is 2.75. The number of nitrogens with zero attached hydrogens (tertiary/aromatic N) is 5. The van der Waals surface area contributed by atoms with Crippen LogP contribution in [0.2, 0.25) is 0 Å². The molecule has 0 fully saturated rings. The van der Waals surface area contributed by atoms with Gasteiger partial charge in [0.15, 0.2) is 5.65 Å². The molecule has 23 heavy (non-hydrogen) atoms. The van der Waals surface area contributed by atoms with E-state index in [-0.39, 0.29) is 6.10 Å². The minimum Gasteiger partial charge on any atom is -0.473 e. The molecule has 3 rings (SSSR count). The summed E-state index contributed by atoms with van der Waals surface area (Å²) < 4.78 is 8.41. The van der Waals surface area contributed by atoms with E-state index < -0.39 is 0 Å². The molecular formula is C16H18BrN5O. The van der Waals surface area contributed by atoms with Crippen molar-refractivity contribution in [3.63, 3.8) is 0 Å². The summed E-state index contributed by atoms with van der Waals surface area (Å²) in [6.45, 7) is 2.88. The summed E-state index contributed by atoms with van der Waals surface area (Å²) in [5, 5.41) is 4.25. The third-order valence-corrected chi connectivity index (χ3v) is 3.89. The number of aromatic nitrogens is 4. The van der Waals surface area contributed by atoms with E-state index in [0.717, 1.165) is 27.8 Å². The van der Waals surface area contributed by atoms with Gasteiger partial charge in [0, 0.05) is 42.3 Å². The maximum atomic E-state index is 5.80. The van der Waals surface area contributed by atoms with Gasteiger partial charge in [-0.1, -0.05) is 0 Å². The molecule has 0 N–H and O–H groups in total. The zero-order valence-electron chi connectivity index (χ0n) is 13.3. The minimum absolute atomic E-state index is 0.0859.